The van der Waals surface area contributed by atoms with Crippen molar-refractivity contribution in [3.63, 3.8) is 0 Å². The van der Waals surface area contributed by atoms with Crippen LogP contribution in [0.25, 0.3) is 27.4 Å². The molecule has 0 bridgehead atoms. The van der Waals surface area contributed by atoms with Gasteiger partial charge in [0.25, 0.3) is 5.56 Å². The second-order valence-electron chi connectivity index (χ2n) is 11.8. The summed E-state index contributed by atoms with van der Waals surface area (Å²) >= 11 is 0. The molecule has 3 heterocycles. The summed E-state index contributed by atoms with van der Waals surface area (Å²) in [6.45, 7) is 14.9. The molecular weight excluding hydrogens is 561 g/mol. The van der Waals surface area contributed by atoms with Crippen LogP contribution in [0, 0.1) is 18.3 Å². The van der Waals surface area contributed by atoms with Crippen molar-refractivity contribution in [2.45, 2.75) is 45.8 Å². The first-order valence-corrected chi connectivity index (χ1v) is 14.5. The highest BCUT2D eigenvalue weighted by atomic mass is 19.1. The molecule has 0 radical (unpaired) electrons. The Morgan fingerprint density at radius 1 is 1.05 bits per heavy atom. The van der Waals surface area contributed by atoms with Gasteiger partial charge in [0, 0.05) is 36.5 Å². The summed E-state index contributed by atoms with van der Waals surface area (Å²) < 4.78 is 27.5. The maximum atomic E-state index is 14.5. The van der Waals surface area contributed by atoms with E-state index in [0.717, 1.165) is 24.0 Å². The molecule has 0 N–H and O–H groups in total. The van der Waals surface area contributed by atoms with E-state index in [1.807, 2.05) is 45.0 Å². The van der Waals surface area contributed by atoms with E-state index in [1.54, 1.807) is 29.6 Å². The molecule has 10 heteroatoms. The van der Waals surface area contributed by atoms with Crippen molar-refractivity contribution in [1.29, 1.82) is 0 Å². The number of amides is 1. The molecule has 0 saturated carbocycles. The summed E-state index contributed by atoms with van der Waals surface area (Å²) in [5.41, 5.74) is 1.99. The number of pyridine rings is 1. The van der Waals surface area contributed by atoms with Crippen LogP contribution in [0.3, 0.4) is 0 Å². The van der Waals surface area contributed by atoms with E-state index in [4.69, 9.17) is 16.0 Å². The third-order valence-electron chi connectivity index (χ3n) is 7.29. The Morgan fingerprint density at radius 2 is 1.80 bits per heavy atom. The highest BCUT2D eigenvalue weighted by Gasteiger charge is 2.27. The molecule has 1 aliphatic heterocycles. The lowest BCUT2D eigenvalue weighted by Gasteiger charge is -2.33. The maximum Gasteiger partial charge on any atom is 0.410 e. The van der Waals surface area contributed by atoms with E-state index in [-0.39, 0.29) is 23.8 Å². The Bertz CT molecular complexity index is 1730. The number of ether oxygens (including phenoxy) is 2. The largest absolute Gasteiger partial charge is 0.490 e. The molecule has 9 nitrogen and oxygen atoms in total. The van der Waals surface area contributed by atoms with E-state index >= 15 is 0 Å². The van der Waals surface area contributed by atoms with Gasteiger partial charge in [0.1, 0.15) is 11.4 Å². The van der Waals surface area contributed by atoms with Crippen LogP contribution in [0.2, 0.25) is 0 Å². The molecule has 0 aliphatic carbocycles. The monoisotopic (exact) mass is 595 g/mol. The first-order valence-electron chi connectivity index (χ1n) is 14.5. The number of halogens is 1. The second kappa shape index (κ2) is 13.1. The molecule has 0 atom stereocenters. The van der Waals surface area contributed by atoms with E-state index < -0.39 is 11.4 Å². The number of carbonyl (C=O) groups excluding carboxylic acids is 1. The van der Waals surface area contributed by atoms with Gasteiger partial charge in [-0.05, 0) is 74.9 Å². The van der Waals surface area contributed by atoms with Crippen LogP contribution in [0.5, 0.6) is 5.75 Å². The van der Waals surface area contributed by atoms with Gasteiger partial charge in [0.2, 0.25) is 0 Å². The van der Waals surface area contributed by atoms with E-state index in [2.05, 4.69) is 14.8 Å². The zero-order valence-electron chi connectivity index (χ0n) is 25.0. The summed E-state index contributed by atoms with van der Waals surface area (Å²) in [4.78, 5) is 39.0. The third-order valence-corrected chi connectivity index (χ3v) is 7.29. The number of hydrogen-bond acceptors (Lipinski definition) is 6. The minimum Gasteiger partial charge on any atom is -0.490 e. The first-order chi connectivity index (χ1) is 21.1. The number of rotatable bonds is 7. The van der Waals surface area contributed by atoms with Gasteiger partial charge in [-0.15, -0.1) is 0 Å². The Balaban J connectivity index is 1.20. The number of aromatic nitrogens is 3. The topological polar surface area (TPSA) is 90.9 Å². The Labute approximate surface area is 255 Å². The number of benzene rings is 2. The lowest BCUT2D eigenvalue weighted by atomic mass is 9.98. The number of carbonyl (C=O) groups is 1. The average Bonchev–Trinajstić information content (AvgIpc) is 3.01. The molecule has 1 saturated heterocycles. The zero-order valence-corrected chi connectivity index (χ0v) is 25.0. The first kappa shape index (κ1) is 30.4. The van der Waals surface area contributed by atoms with Crippen LogP contribution in [-0.4, -0.2) is 50.8 Å². The van der Waals surface area contributed by atoms with Crippen molar-refractivity contribution >= 4 is 11.8 Å². The standard InChI is InChI=1S/C34H34FN5O4/c1-34(2,3)44-33(42)39-14-12-23(13-15-39)22-43-28-18-37-32(38-19-28)25-7-5-6-24(16-25)20-40-21-26(8-11-31(40)41)29-17-27(36-4)9-10-30(29)35/h5-11,16-19,21,23H,12-15,20,22H2,1-3H3. The Morgan fingerprint density at radius 3 is 2.50 bits per heavy atom. The maximum absolute atomic E-state index is 14.5. The molecular formula is C34H34FN5O4. The SMILES string of the molecule is [C-]#[N+]c1ccc(F)c(-c2ccc(=O)n(Cc3cccc(-c4ncc(OCC5CCN(C(=O)OC(C)(C)C)CC5)cn4)c3)c2)c1. The molecule has 4 aromatic rings. The minimum atomic E-state index is -0.508. The molecule has 1 amide bonds. The molecule has 2 aromatic carbocycles. The van der Waals surface area contributed by atoms with Crippen LogP contribution in [0.15, 0.2) is 78.0 Å². The van der Waals surface area contributed by atoms with Crippen molar-refractivity contribution < 1.29 is 18.7 Å². The van der Waals surface area contributed by atoms with Gasteiger partial charge in [0.15, 0.2) is 17.3 Å². The van der Waals surface area contributed by atoms with Gasteiger partial charge in [0.05, 0.1) is 32.1 Å². The smallest absolute Gasteiger partial charge is 0.410 e. The van der Waals surface area contributed by atoms with Crippen molar-refractivity contribution in [3.05, 3.63) is 106 Å². The highest BCUT2D eigenvalue weighted by Crippen LogP contribution is 2.27. The molecule has 1 fully saturated rings. The minimum absolute atomic E-state index is 0.228. The van der Waals surface area contributed by atoms with Gasteiger partial charge < -0.3 is 18.9 Å². The second-order valence-corrected chi connectivity index (χ2v) is 11.8. The molecule has 1 aliphatic rings. The normalized spacial score (nSPS) is 13.8. The molecule has 5 rings (SSSR count). The Hall–Kier alpha value is -5.04. The fourth-order valence-corrected chi connectivity index (χ4v) is 4.99. The summed E-state index contributed by atoms with van der Waals surface area (Å²) in [6.07, 6.45) is 6.28. The van der Waals surface area contributed by atoms with Gasteiger partial charge in [-0.3, -0.25) is 4.79 Å². The average molecular weight is 596 g/mol. The number of likely N-dealkylation sites (tertiary alicyclic amines) is 1. The van der Waals surface area contributed by atoms with Gasteiger partial charge in [-0.25, -0.2) is 24.0 Å². The number of hydrogen-bond donors (Lipinski definition) is 0. The van der Waals surface area contributed by atoms with Crippen LogP contribution in [0.1, 0.15) is 39.2 Å². The molecule has 0 spiro atoms. The summed E-state index contributed by atoms with van der Waals surface area (Å²) in [6, 6.07) is 14.7. The van der Waals surface area contributed by atoms with Crippen molar-refractivity contribution in [3.8, 4) is 28.3 Å². The number of nitrogens with zero attached hydrogens (tertiary/aromatic N) is 5. The lowest BCUT2D eigenvalue weighted by molar-refractivity contribution is 0.0165. The molecule has 0 unspecified atom stereocenters. The predicted molar refractivity (Wildman–Crippen MR) is 165 cm³/mol. The van der Waals surface area contributed by atoms with Gasteiger partial charge in [-0.2, -0.15) is 0 Å². The fourth-order valence-electron chi connectivity index (χ4n) is 4.99. The van der Waals surface area contributed by atoms with E-state index in [1.165, 1.54) is 28.8 Å². The van der Waals surface area contributed by atoms with Gasteiger partial charge in [-0.1, -0.05) is 24.3 Å². The Kier molecular flexibility index (Phi) is 9.04. The molecule has 44 heavy (non-hydrogen) atoms. The van der Waals surface area contributed by atoms with Crippen LogP contribution < -0.4 is 10.3 Å². The van der Waals surface area contributed by atoms with Crippen LogP contribution >= 0.6 is 0 Å². The van der Waals surface area contributed by atoms with E-state index in [0.29, 0.717) is 48.4 Å². The number of piperidine rings is 1. The molecule has 2 aromatic heterocycles. The quantitative estimate of drug-likeness (QED) is 0.220. The van der Waals surface area contributed by atoms with Crippen molar-refractivity contribution in [2.75, 3.05) is 19.7 Å². The van der Waals surface area contributed by atoms with E-state index in [9.17, 15) is 14.0 Å². The summed E-state index contributed by atoms with van der Waals surface area (Å²) in [5, 5.41) is 0. The predicted octanol–water partition coefficient (Wildman–Crippen LogP) is 6.74. The van der Waals surface area contributed by atoms with Gasteiger partial charge >= 0.3 is 6.09 Å². The zero-order chi connectivity index (χ0) is 31.3. The molecule has 226 valence electrons. The van der Waals surface area contributed by atoms with Crippen molar-refractivity contribution in [2.24, 2.45) is 5.92 Å². The third kappa shape index (κ3) is 7.67. The summed E-state index contributed by atoms with van der Waals surface area (Å²) in [7, 11) is 0. The van der Waals surface area contributed by atoms with Crippen molar-refractivity contribution in [1.82, 2.24) is 19.4 Å². The lowest BCUT2D eigenvalue weighted by Crippen LogP contribution is -2.42. The van der Waals surface area contributed by atoms with Crippen LogP contribution in [-0.2, 0) is 11.3 Å². The fraction of sp³-hybridized carbons (Fsp3) is 0.324. The van der Waals surface area contributed by atoms with Crippen LogP contribution in [0.4, 0.5) is 14.9 Å². The highest BCUT2D eigenvalue weighted by molar-refractivity contribution is 5.69. The summed E-state index contributed by atoms with van der Waals surface area (Å²) in [5.74, 6) is 0.944.